The van der Waals surface area contributed by atoms with Crippen LogP contribution < -0.4 is 0 Å². The average Bonchev–Trinajstić information content (AvgIpc) is 2.75. The molecule has 0 saturated heterocycles. The lowest BCUT2D eigenvalue weighted by molar-refractivity contribution is 0.519. The Balaban J connectivity index is 2.45. The van der Waals surface area contributed by atoms with E-state index in [1.54, 1.807) is 6.26 Å². The summed E-state index contributed by atoms with van der Waals surface area (Å²) in [5.74, 6) is 2.24. The van der Waals surface area contributed by atoms with Crippen LogP contribution in [0.3, 0.4) is 0 Å². The first kappa shape index (κ1) is 11.1. The number of aromatic amines is 1. The number of H-pyrrole nitrogens is 1. The molecule has 1 N–H and O–H groups in total. The molecule has 0 spiro atoms. The van der Waals surface area contributed by atoms with Gasteiger partial charge in [0.2, 0.25) is 0 Å². The highest BCUT2D eigenvalue weighted by Gasteiger charge is 2.11. The van der Waals surface area contributed by atoms with E-state index in [9.17, 15) is 0 Å². The third kappa shape index (κ3) is 2.09. The first-order chi connectivity index (χ1) is 7.58. The summed E-state index contributed by atoms with van der Waals surface area (Å²) < 4.78 is 7.95. The maximum atomic E-state index is 5.29. The molecule has 86 valence electrons. The smallest absolute Gasteiger partial charge is 0.195 e. The Hall–Kier alpha value is -1.36. The molecule has 2 heterocycles. The quantitative estimate of drug-likeness (QED) is 0.834. The zero-order valence-corrected chi connectivity index (χ0v) is 10.5. The fourth-order valence-corrected chi connectivity index (χ4v) is 1.84. The molecular weight excluding hydrogens is 222 g/mol. The molecule has 0 radical (unpaired) electrons. The lowest BCUT2D eigenvalue weighted by Gasteiger charge is -2.07. The zero-order chi connectivity index (χ0) is 11.7. The van der Waals surface area contributed by atoms with Gasteiger partial charge in [0.25, 0.3) is 0 Å². The van der Waals surface area contributed by atoms with Crippen molar-refractivity contribution in [3.05, 3.63) is 22.9 Å². The number of rotatable bonds is 3. The van der Waals surface area contributed by atoms with Crippen molar-refractivity contribution in [1.29, 1.82) is 0 Å². The topological polar surface area (TPSA) is 46.8 Å². The highest BCUT2D eigenvalue weighted by Crippen LogP contribution is 2.20. The maximum absolute atomic E-state index is 5.29. The minimum absolute atomic E-state index is 0.524. The molecule has 2 rings (SSSR count). The van der Waals surface area contributed by atoms with Crippen molar-refractivity contribution in [1.82, 2.24) is 14.8 Å². The van der Waals surface area contributed by atoms with E-state index in [4.69, 9.17) is 16.6 Å². The predicted molar refractivity (Wildman–Crippen MR) is 64.7 cm³/mol. The number of hydrogen-bond acceptors (Lipinski definition) is 3. The Morgan fingerprint density at radius 2 is 2.31 bits per heavy atom. The first-order valence-corrected chi connectivity index (χ1v) is 5.69. The number of furan rings is 1. The van der Waals surface area contributed by atoms with Gasteiger partial charge in [-0.1, -0.05) is 13.8 Å². The molecule has 2 aromatic rings. The summed E-state index contributed by atoms with van der Waals surface area (Å²) >= 11 is 5.21. The monoisotopic (exact) mass is 237 g/mol. The fourth-order valence-electron chi connectivity index (χ4n) is 1.63. The summed E-state index contributed by atoms with van der Waals surface area (Å²) in [6.45, 7) is 7.07. The molecule has 4 nitrogen and oxygen atoms in total. The third-order valence-electron chi connectivity index (χ3n) is 2.29. The van der Waals surface area contributed by atoms with Gasteiger partial charge >= 0.3 is 0 Å². The molecule has 2 aromatic heterocycles. The van der Waals surface area contributed by atoms with E-state index in [-0.39, 0.29) is 0 Å². The molecule has 0 fully saturated rings. The SMILES string of the molecule is Cc1cc(-c2n[nH]c(=S)n2CC(C)C)co1. The summed E-state index contributed by atoms with van der Waals surface area (Å²) in [5.41, 5.74) is 0.963. The van der Waals surface area contributed by atoms with Gasteiger partial charge in [-0.25, -0.2) is 0 Å². The summed E-state index contributed by atoms with van der Waals surface area (Å²) in [6.07, 6.45) is 1.71. The van der Waals surface area contributed by atoms with E-state index in [0.717, 1.165) is 23.7 Å². The van der Waals surface area contributed by atoms with Crippen LogP contribution in [0.1, 0.15) is 19.6 Å². The van der Waals surface area contributed by atoms with Crippen LogP contribution in [0.5, 0.6) is 0 Å². The zero-order valence-electron chi connectivity index (χ0n) is 9.65. The minimum Gasteiger partial charge on any atom is -0.469 e. The van der Waals surface area contributed by atoms with E-state index < -0.39 is 0 Å². The number of nitrogens with zero attached hydrogens (tertiary/aromatic N) is 2. The Labute approximate surface area is 99.3 Å². The van der Waals surface area contributed by atoms with Gasteiger partial charge in [-0.15, -0.1) is 0 Å². The van der Waals surface area contributed by atoms with Crippen LogP contribution in [0, 0.1) is 17.6 Å². The van der Waals surface area contributed by atoms with E-state index in [2.05, 4.69) is 24.0 Å². The molecule has 0 unspecified atom stereocenters. The molecule has 0 atom stereocenters. The maximum Gasteiger partial charge on any atom is 0.195 e. The normalized spacial score (nSPS) is 11.2. The Bertz CT molecular complexity index is 535. The molecule has 16 heavy (non-hydrogen) atoms. The molecular formula is C11H15N3OS. The molecule has 0 aromatic carbocycles. The number of aryl methyl sites for hydroxylation is 1. The standard InChI is InChI=1S/C11H15N3OS/c1-7(2)5-14-10(12-13-11(14)16)9-4-8(3)15-6-9/h4,6-7H,5H2,1-3H3,(H,13,16). The van der Waals surface area contributed by atoms with Crippen molar-refractivity contribution >= 4 is 12.2 Å². The third-order valence-corrected chi connectivity index (χ3v) is 2.61. The number of aromatic nitrogens is 3. The van der Waals surface area contributed by atoms with Crippen molar-refractivity contribution in [2.75, 3.05) is 0 Å². The van der Waals surface area contributed by atoms with Crippen molar-refractivity contribution in [2.45, 2.75) is 27.3 Å². The van der Waals surface area contributed by atoms with Gasteiger partial charge < -0.3 is 4.42 Å². The van der Waals surface area contributed by atoms with Crippen molar-refractivity contribution in [3.8, 4) is 11.4 Å². The summed E-state index contributed by atoms with van der Waals surface area (Å²) in [4.78, 5) is 0. The minimum atomic E-state index is 0.524. The second kappa shape index (κ2) is 4.25. The van der Waals surface area contributed by atoms with Crippen molar-refractivity contribution < 1.29 is 4.42 Å². The molecule has 0 aliphatic heterocycles. The predicted octanol–water partition coefficient (Wildman–Crippen LogP) is 3.17. The summed E-state index contributed by atoms with van der Waals surface area (Å²) in [6, 6.07) is 1.96. The molecule has 0 saturated carbocycles. The molecule has 0 aliphatic carbocycles. The Kier molecular flexibility index (Phi) is 2.96. The van der Waals surface area contributed by atoms with Crippen LogP contribution in [0.15, 0.2) is 16.7 Å². The Morgan fingerprint density at radius 3 is 2.88 bits per heavy atom. The lowest BCUT2D eigenvalue weighted by Crippen LogP contribution is -2.06. The van der Waals surface area contributed by atoms with Gasteiger partial charge in [0, 0.05) is 6.54 Å². The number of nitrogens with one attached hydrogen (secondary N) is 1. The number of hydrogen-bond donors (Lipinski definition) is 1. The Morgan fingerprint density at radius 1 is 1.56 bits per heavy atom. The van der Waals surface area contributed by atoms with Crippen LogP contribution >= 0.6 is 12.2 Å². The van der Waals surface area contributed by atoms with Gasteiger partial charge in [0.15, 0.2) is 10.6 Å². The van der Waals surface area contributed by atoms with Crippen LogP contribution in [0.2, 0.25) is 0 Å². The van der Waals surface area contributed by atoms with Gasteiger partial charge in [0.05, 0.1) is 5.56 Å². The van der Waals surface area contributed by atoms with E-state index >= 15 is 0 Å². The lowest BCUT2D eigenvalue weighted by atomic mass is 10.2. The van der Waals surface area contributed by atoms with E-state index in [1.807, 2.05) is 17.6 Å². The van der Waals surface area contributed by atoms with Crippen LogP contribution in [0.25, 0.3) is 11.4 Å². The van der Waals surface area contributed by atoms with Gasteiger partial charge in [-0.3, -0.25) is 9.67 Å². The van der Waals surface area contributed by atoms with E-state index in [1.165, 1.54) is 0 Å². The molecule has 0 amide bonds. The van der Waals surface area contributed by atoms with Crippen LogP contribution in [0.4, 0.5) is 0 Å². The highest BCUT2D eigenvalue weighted by atomic mass is 32.1. The summed E-state index contributed by atoms with van der Waals surface area (Å²) in [5, 5.41) is 7.06. The fraction of sp³-hybridized carbons (Fsp3) is 0.455. The van der Waals surface area contributed by atoms with Crippen molar-refractivity contribution in [3.63, 3.8) is 0 Å². The highest BCUT2D eigenvalue weighted by molar-refractivity contribution is 7.71. The second-order valence-electron chi connectivity index (χ2n) is 4.30. The molecule has 0 aliphatic rings. The summed E-state index contributed by atoms with van der Waals surface area (Å²) in [7, 11) is 0. The van der Waals surface area contributed by atoms with Crippen LogP contribution in [-0.4, -0.2) is 14.8 Å². The first-order valence-electron chi connectivity index (χ1n) is 5.28. The van der Waals surface area contributed by atoms with Gasteiger partial charge in [-0.2, -0.15) is 5.10 Å². The average molecular weight is 237 g/mol. The molecule has 0 bridgehead atoms. The second-order valence-corrected chi connectivity index (χ2v) is 4.69. The van der Waals surface area contributed by atoms with Crippen molar-refractivity contribution in [2.24, 2.45) is 5.92 Å². The van der Waals surface area contributed by atoms with E-state index in [0.29, 0.717) is 10.7 Å². The van der Waals surface area contributed by atoms with Gasteiger partial charge in [0.1, 0.15) is 12.0 Å². The van der Waals surface area contributed by atoms with Gasteiger partial charge in [-0.05, 0) is 31.1 Å². The largest absolute Gasteiger partial charge is 0.469 e. The molecule has 5 heteroatoms. The van der Waals surface area contributed by atoms with Crippen LogP contribution in [-0.2, 0) is 6.54 Å².